The summed E-state index contributed by atoms with van der Waals surface area (Å²) < 4.78 is 13.1. The van der Waals surface area contributed by atoms with Crippen LogP contribution in [0.1, 0.15) is 0 Å². The molecule has 242 valence electrons. The Morgan fingerprint density at radius 1 is 0.385 bits per heavy atom. The molecule has 0 saturated carbocycles. The molecule has 52 heavy (non-hydrogen) atoms. The molecule has 0 amide bonds. The fourth-order valence-corrected chi connectivity index (χ4v) is 7.07. The number of para-hydroxylation sites is 3. The summed E-state index contributed by atoms with van der Waals surface area (Å²) in [5.74, 6) is 1.55. The smallest absolute Gasteiger partial charge is 0.187 e. The molecule has 3 aromatic heterocycles. The van der Waals surface area contributed by atoms with E-state index in [0.29, 0.717) is 28.7 Å². The number of hydrogen-bond acceptors (Lipinski definition) is 5. The van der Waals surface area contributed by atoms with Crippen molar-refractivity contribution >= 4 is 49.6 Å². The van der Waals surface area contributed by atoms with Crippen LogP contribution in [0.25, 0.3) is 105 Å². The number of furan rings is 2. The van der Waals surface area contributed by atoms with E-state index in [2.05, 4.69) is 59.4 Å². The Morgan fingerprint density at radius 2 is 0.942 bits per heavy atom. The molecular weight excluding hydrogens is 641 g/mol. The number of hydrogen-bond donors (Lipinski definition) is 0. The van der Waals surface area contributed by atoms with Gasteiger partial charge >= 0.3 is 0 Å². The van der Waals surface area contributed by atoms with Gasteiger partial charge in [-0.1, -0.05) is 133 Å². The maximum Gasteiger partial charge on any atom is 0.187 e. The SMILES string of the molecule is [C-]#[N+]c1ccc(-c2ccc(-c3ccc4c(oc5ccccc54)c3-c3nc(-c4ccccc4)nc(-c4cccc5c4oc4ccccc45)n3)cc2)cc1. The van der Waals surface area contributed by atoms with Gasteiger partial charge in [-0.3, -0.25) is 0 Å². The summed E-state index contributed by atoms with van der Waals surface area (Å²) in [6.07, 6.45) is 0. The van der Waals surface area contributed by atoms with Crippen LogP contribution in [0.4, 0.5) is 5.69 Å². The summed E-state index contributed by atoms with van der Waals surface area (Å²) in [6.45, 7) is 7.31. The van der Waals surface area contributed by atoms with Crippen molar-refractivity contribution in [1.29, 1.82) is 0 Å². The second-order valence-electron chi connectivity index (χ2n) is 12.7. The van der Waals surface area contributed by atoms with Crippen LogP contribution in [0.5, 0.6) is 0 Å². The molecule has 0 saturated heterocycles. The Morgan fingerprint density at radius 3 is 1.65 bits per heavy atom. The van der Waals surface area contributed by atoms with E-state index in [0.717, 1.165) is 77.2 Å². The van der Waals surface area contributed by atoms with Crippen LogP contribution in [0.2, 0.25) is 0 Å². The fraction of sp³-hybridized carbons (Fsp3) is 0. The predicted octanol–water partition coefficient (Wildman–Crippen LogP) is 12.6. The summed E-state index contributed by atoms with van der Waals surface area (Å²) in [6, 6.07) is 52.5. The average Bonchev–Trinajstić information content (AvgIpc) is 3.79. The van der Waals surface area contributed by atoms with Gasteiger partial charge in [0.25, 0.3) is 0 Å². The van der Waals surface area contributed by atoms with Crippen molar-refractivity contribution in [2.24, 2.45) is 0 Å². The Hall–Kier alpha value is -7.36. The quantitative estimate of drug-likeness (QED) is 0.171. The standard InChI is InChI=1S/C46H26N4O2/c1-47-32-24-22-29(23-25-32)28-18-20-30(21-19-28)33-26-27-37-35-13-6-8-17-40(35)52-43(37)41(33)46-49-44(31-10-3-2-4-11-31)48-45(50-46)38-15-9-14-36-34-12-5-7-16-39(34)51-42(36)38/h2-27H. The molecule has 0 aliphatic heterocycles. The van der Waals surface area contributed by atoms with Crippen LogP contribution < -0.4 is 0 Å². The van der Waals surface area contributed by atoms with Gasteiger partial charge in [0, 0.05) is 27.1 Å². The lowest BCUT2D eigenvalue weighted by Crippen LogP contribution is -2.01. The van der Waals surface area contributed by atoms with E-state index in [9.17, 15) is 0 Å². The number of benzene rings is 7. The lowest BCUT2D eigenvalue weighted by molar-refractivity contribution is 0.669. The van der Waals surface area contributed by atoms with Crippen LogP contribution in [-0.2, 0) is 0 Å². The van der Waals surface area contributed by atoms with Crippen molar-refractivity contribution in [3.8, 4) is 56.4 Å². The van der Waals surface area contributed by atoms with Gasteiger partial charge in [0.1, 0.15) is 22.3 Å². The highest BCUT2D eigenvalue weighted by molar-refractivity contribution is 6.12. The van der Waals surface area contributed by atoms with Crippen molar-refractivity contribution in [2.45, 2.75) is 0 Å². The normalized spacial score (nSPS) is 11.4. The molecule has 0 N–H and O–H groups in total. The van der Waals surface area contributed by atoms with Gasteiger partial charge in [-0.05, 0) is 46.5 Å². The first-order chi connectivity index (χ1) is 25.7. The lowest BCUT2D eigenvalue weighted by atomic mass is 9.94. The van der Waals surface area contributed by atoms with Crippen molar-refractivity contribution in [1.82, 2.24) is 15.0 Å². The third-order valence-electron chi connectivity index (χ3n) is 9.61. The lowest BCUT2D eigenvalue weighted by Gasteiger charge is -2.13. The maximum atomic E-state index is 7.31. The monoisotopic (exact) mass is 666 g/mol. The molecule has 0 spiro atoms. The second-order valence-corrected chi connectivity index (χ2v) is 12.7. The van der Waals surface area contributed by atoms with Gasteiger partial charge in [-0.15, -0.1) is 0 Å². The Kier molecular flexibility index (Phi) is 6.76. The van der Waals surface area contributed by atoms with E-state index >= 15 is 0 Å². The van der Waals surface area contributed by atoms with Crippen LogP contribution in [0, 0.1) is 6.57 Å². The number of fused-ring (bicyclic) bond motifs is 6. The molecule has 3 heterocycles. The zero-order chi connectivity index (χ0) is 34.6. The molecule has 0 fully saturated rings. The highest BCUT2D eigenvalue weighted by Gasteiger charge is 2.23. The van der Waals surface area contributed by atoms with Gasteiger partial charge in [0.2, 0.25) is 0 Å². The van der Waals surface area contributed by atoms with Crippen LogP contribution in [-0.4, -0.2) is 15.0 Å². The van der Waals surface area contributed by atoms with Crippen molar-refractivity contribution in [2.75, 3.05) is 0 Å². The van der Waals surface area contributed by atoms with Crippen LogP contribution in [0.15, 0.2) is 167 Å². The minimum atomic E-state index is 0.496. The zero-order valence-corrected chi connectivity index (χ0v) is 27.6. The Labute approximate surface area is 298 Å². The van der Waals surface area contributed by atoms with Crippen molar-refractivity contribution < 1.29 is 8.83 Å². The molecule has 6 heteroatoms. The summed E-state index contributed by atoms with van der Waals surface area (Å²) in [4.78, 5) is 19.0. The van der Waals surface area contributed by atoms with Gasteiger partial charge in [0.05, 0.1) is 17.7 Å². The van der Waals surface area contributed by atoms with E-state index in [-0.39, 0.29) is 0 Å². The molecule has 0 aliphatic carbocycles. The first-order valence-corrected chi connectivity index (χ1v) is 17.0. The second kappa shape index (κ2) is 11.9. The van der Waals surface area contributed by atoms with Gasteiger partial charge in [-0.2, -0.15) is 0 Å². The van der Waals surface area contributed by atoms with E-state index in [4.69, 9.17) is 30.4 Å². The molecule has 0 aliphatic rings. The highest BCUT2D eigenvalue weighted by Crippen LogP contribution is 2.43. The summed E-state index contributed by atoms with van der Waals surface area (Å²) in [5.41, 5.74) is 10.1. The third kappa shape index (κ3) is 4.84. The highest BCUT2D eigenvalue weighted by atomic mass is 16.3. The molecule has 10 rings (SSSR count). The zero-order valence-electron chi connectivity index (χ0n) is 27.6. The molecule has 0 bridgehead atoms. The Bertz CT molecular complexity index is 3010. The van der Waals surface area contributed by atoms with E-state index < -0.39 is 0 Å². The van der Waals surface area contributed by atoms with Gasteiger partial charge < -0.3 is 8.83 Å². The van der Waals surface area contributed by atoms with Gasteiger partial charge in [0.15, 0.2) is 23.2 Å². The molecule has 7 aromatic carbocycles. The van der Waals surface area contributed by atoms with Crippen LogP contribution >= 0.6 is 0 Å². The summed E-state index contributed by atoms with van der Waals surface area (Å²) in [7, 11) is 0. The molecule has 6 nitrogen and oxygen atoms in total. The number of nitrogens with zero attached hydrogens (tertiary/aromatic N) is 4. The van der Waals surface area contributed by atoms with E-state index in [1.807, 2.05) is 103 Å². The largest absolute Gasteiger partial charge is 0.455 e. The molecular formula is C46H26N4O2. The van der Waals surface area contributed by atoms with Crippen LogP contribution in [0.3, 0.4) is 0 Å². The first-order valence-electron chi connectivity index (χ1n) is 17.0. The van der Waals surface area contributed by atoms with Crippen molar-refractivity contribution in [3.05, 3.63) is 169 Å². The number of rotatable bonds is 5. The first kappa shape index (κ1) is 29.5. The summed E-state index contributed by atoms with van der Waals surface area (Å²) >= 11 is 0. The molecule has 0 unspecified atom stereocenters. The molecule has 10 aromatic rings. The minimum Gasteiger partial charge on any atom is -0.455 e. The number of aromatic nitrogens is 3. The topological polar surface area (TPSA) is 69.3 Å². The third-order valence-corrected chi connectivity index (χ3v) is 9.61. The molecule has 0 atom stereocenters. The maximum absolute atomic E-state index is 7.31. The minimum absolute atomic E-state index is 0.496. The summed E-state index contributed by atoms with van der Waals surface area (Å²) in [5, 5.41) is 4.04. The van der Waals surface area contributed by atoms with Gasteiger partial charge in [-0.25, -0.2) is 19.8 Å². The van der Waals surface area contributed by atoms with Crippen molar-refractivity contribution in [3.63, 3.8) is 0 Å². The average molecular weight is 667 g/mol. The van der Waals surface area contributed by atoms with E-state index in [1.54, 1.807) is 0 Å². The predicted molar refractivity (Wildman–Crippen MR) is 208 cm³/mol. The van der Waals surface area contributed by atoms with E-state index in [1.165, 1.54) is 0 Å². The Balaban J connectivity index is 1.23. The fourth-order valence-electron chi connectivity index (χ4n) is 7.07. The molecule has 0 radical (unpaired) electrons.